The Hall–Kier alpha value is -0.790. The number of benzene rings is 2. The van der Waals surface area contributed by atoms with Gasteiger partial charge in [0, 0.05) is 5.02 Å². The third-order valence-corrected chi connectivity index (χ3v) is 4.50. The van der Waals surface area contributed by atoms with Crippen molar-refractivity contribution in [2.75, 3.05) is 0 Å². The summed E-state index contributed by atoms with van der Waals surface area (Å²) >= 11 is 9.79. The minimum absolute atomic E-state index is 0.181. The first-order valence-corrected chi connectivity index (χ1v) is 7.67. The van der Waals surface area contributed by atoms with E-state index in [1.54, 1.807) is 0 Å². The lowest BCUT2D eigenvalue weighted by atomic mass is 9.86. The van der Waals surface area contributed by atoms with E-state index in [2.05, 4.69) is 67.0 Å². The average molecular weight is 338 g/mol. The molecule has 0 saturated heterocycles. The van der Waals surface area contributed by atoms with Crippen LogP contribution >= 0.6 is 27.5 Å². The maximum absolute atomic E-state index is 6.04. The fourth-order valence-corrected chi connectivity index (χ4v) is 2.80. The Morgan fingerprint density at radius 3 is 2.11 bits per heavy atom. The van der Waals surface area contributed by atoms with Gasteiger partial charge in [-0.2, -0.15) is 0 Å². The van der Waals surface area contributed by atoms with Crippen molar-refractivity contribution in [1.29, 1.82) is 0 Å². The summed E-state index contributed by atoms with van der Waals surface area (Å²) in [5, 5.41) is 0.772. The molecule has 2 heteroatoms. The molecule has 0 N–H and O–H groups in total. The Labute approximate surface area is 128 Å². The maximum atomic E-state index is 6.04. The number of halogens is 2. The van der Waals surface area contributed by atoms with Crippen LogP contribution in [0.25, 0.3) is 0 Å². The van der Waals surface area contributed by atoms with Gasteiger partial charge in [0.2, 0.25) is 0 Å². The highest BCUT2D eigenvalue weighted by Gasteiger charge is 2.15. The van der Waals surface area contributed by atoms with Gasteiger partial charge >= 0.3 is 0 Å². The lowest BCUT2D eigenvalue weighted by Gasteiger charge is -2.20. The summed E-state index contributed by atoms with van der Waals surface area (Å²) in [6.07, 6.45) is 0. The second-order valence-corrected chi connectivity index (χ2v) is 7.14. The third-order valence-electron chi connectivity index (χ3n) is 3.21. The molecule has 0 bridgehead atoms. The summed E-state index contributed by atoms with van der Waals surface area (Å²) in [6.45, 7) is 6.68. The number of rotatable bonds is 2. The Kier molecular flexibility index (Phi) is 4.37. The smallest absolute Gasteiger partial charge is 0.0645 e. The topological polar surface area (TPSA) is 0 Å². The van der Waals surface area contributed by atoms with Crippen molar-refractivity contribution in [2.24, 2.45) is 0 Å². The molecule has 0 amide bonds. The first kappa shape index (κ1) is 14.6. The summed E-state index contributed by atoms with van der Waals surface area (Å²) in [5.41, 5.74) is 3.96. The van der Waals surface area contributed by atoms with Crippen molar-refractivity contribution >= 4 is 27.5 Å². The van der Waals surface area contributed by atoms with Crippen molar-refractivity contribution in [3.63, 3.8) is 0 Å². The SMILES string of the molecule is CC(C)(C)c1ccc(C(Br)c2cccc(Cl)c2)cc1. The van der Waals surface area contributed by atoms with Gasteiger partial charge in [0.25, 0.3) is 0 Å². The normalized spacial score (nSPS) is 13.3. The van der Waals surface area contributed by atoms with Crippen LogP contribution in [0.5, 0.6) is 0 Å². The molecule has 0 spiro atoms. The zero-order valence-corrected chi connectivity index (χ0v) is 13.8. The summed E-state index contributed by atoms with van der Waals surface area (Å²) < 4.78 is 0. The van der Waals surface area contributed by atoms with Gasteiger partial charge in [-0.15, -0.1) is 0 Å². The van der Waals surface area contributed by atoms with Gasteiger partial charge in [0.1, 0.15) is 0 Å². The molecule has 0 nitrogen and oxygen atoms in total. The predicted octanol–water partition coefficient (Wildman–Crippen LogP) is 6.12. The van der Waals surface area contributed by atoms with E-state index in [1.807, 2.05) is 18.2 Å². The number of hydrogen-bond acceptors (Lipinski definition) is 0. The van der Waals surface area contributed by atoms with Gasteiger partial charge in [-0.25, -0.2) is 0 Å². The Bertz CT molecular complexity index is 552. The molecule has 0 aliphatic rings. The van der Waals surface area contributed by atoms with Gasteiger partial charge in [-0.1, -0.05) is 84.7 Å². The standard InChI is InChI=1S/C17H18BrCl/c1-17(2,3)14-9-7-12(8-10-14)16(18)13-5-4-6-15(19)11-13/h4-11,16H,1-3H3. The summed E-state index contributed by atoms with van der Waals surface area (Å²) in [4.78, 5) is 0.181. The molecule has 0 radical (unpaired) electrons. The van der Waals surface area contributed by atoms with E-state index in [4.69, 9.17) is 11.6 Å². The molecule has 2 aromatic rings. The summed E-state index contributed by atoms with van der Waals surface area (Å²) in [6, 6.07) is 16.7. The van der Waals surface area contributed by atoms with Crippen molar-refractivity contribution in [3.8, 4) is 0 Å². The molecule has 19 heavy (non-hydrogen) atoms. The van der Waals surface area contributed by atoms with Crippen molar-refractivity contribution in [2.45, 2.75) is 31.0 Å². The van der Waals surface area contributed by atoms with Gasteiger partial charge in [-0.05, 0) is 34.2 Å². The summed E-state index contributed by atoms with van der Waals surface area (Å²) in [7, 11) is 0. The molecular weight excluding hydrogens is 320 g/mol. The van der Waals surface area contributed by atoms with Gasteiger partial charge in [-0.3, -0.25) is 0 Å². The number of alkyl halides is 1. The molecule has 2 rings (SSSR count). The highest BCUT2D eigenvalue weighted by atomic mass is 79.9. The van der Waals surface area contributed by atoms with Gasteiger partial charge in [0.15, 0.2) is 0 Å². The van der Waals surface area contributed by atoms with Gasteiger partial charge < -0.3 is 0 Å². The Morgan fingerprint density at radius 2 is 1.58 bits per heavy atom. The summed E-state index contributed by atoms with van der Waals surface area (Å²) in [5.74, 6) is 0. The highest BCUT2D eigenvalue weighted by molar-refractivity contribution is 9.09. The minimum atomic E-state index is 0.181. The fraction of sp³-hybridized carbons (Fsp3) is 0.294. The van der Waals surface area contributed by atoms with E-state index in [0.717, 1.165) is 5.02 Å². The van der Waals surface area contributed by atoms with Crippen LogP contribution in [0.4, 0.5) is 0 Å². The minimum Gasteiger partial charge on any atom is -0.0843 e. The van der Waals surface area contributed by atoms with E-state index in [1.165, 1.54) is 16.7 Å². The van der Waals surface area contributed by atoms with Crippen LogP contribution in [0.1, 0.15) is 42.3 Å². The fourth-order valence-electron chi connectivity index (χ4n) is 2.01. The zero-order chi connectivity index (χ0) is 14.0. The van der Waals surface area contributed by atoms with E-state index in [9.17, 15) is 0 Å². The molecule has 0 aliphatic carbocycles. The van der Waals surface area contributed by atoms with Crippen molar-refractivity contribution in [1.82, 2.24) is 0 Å². The monoisotopic (exact) mass is 336 g/mol. The Balaban J connectivity index is 2.27. The van der Waals surface area contributed by atoms with Crippen LogP contribution in [-0.4, -0.2) is 0 Å². The van der Waals surface area contributed by atoms with E-state index >= 15 is 0 Å². The van der Waals surface area contributed by atoms with Crippen LogP contribution in [0.15, 0.2) is 48.5 Å². The van der Waals surface area contributed by atoms with Crippen molar-refractivity contribution < 1.29 is 0 Å². The second kappa shape index (κ2) is 5.68. The molecule has 0 saturated carbocycles. The lowest BCUT2D eigenvalue weighted by molar-refractivity contribution is 0.590. The zero-order valence-electron chi connectivity index (χ0n) is 11.5. The Morgan fingerprint density at radius 1 is 0.947 bits per heavy atom. The van der Waals surface area contributed by atoms with E-state index in [-0.39, 0.29) is 10.2 Å². The van der Waals surface area contributed by atoms with Gasteiger partial charge in [0.05, 0.1) is 4.83 Å². The highest BCUT2D eigenvalue weighted by Crippen LogP contribution is 2.33. The predicted molar refractivity (Wildman–Crippen MR) is 87.4 cm³/mol. The molecule has 0 aromatic heterocycles. The van der Waals surface area contributed by atoms with Crippen LogP contribution in [0.3, 0.4) is 0 Å². The molecule has 100 valence electrons. The average Bonchev–Trinajstić information content (AvgIpc) is 2.37. The third kappa shape index (κ3) is 3.61. The van der Waals surface area contributed by atoms with Crippen LogP contribution in [0, 0.1) is 0 Å². The molecule has 1 atom stereocenters. The largest absolute Gasteiger partial charge is 0.0843 e. The second-order valence-electron chi connectivity index (χ2n) is 5.79. The number of hydrogen-bond donors (Lipinski definition) is 0. The van der Waals surface area contributed by atoms with Crippen molar-refractivity contribution in [3.05, 3.63) is 70.2 Å². The first-order valence-electron chi connectivity index (χ1n) is 6.38. The van der Waals surface area contributed by atoms with E-state index < -0.39 is 0 Å². The maximum Gasteiger partial charge on any atom is 0.0645 e. The molecule has 0 heterocycles. The van der Waals surface area contributed by atoms with Crippen LogP contribution in [0.2, 0.25) is 5.02 Å². The quantitative estimate of drug-likeness (QED) is 0.579. The van der Waals surface area contributed by atoms with E-state index in [0.29, 0.717) is 0 Å². The first-order chi connectivity index (χ1) is 8.88. The molecule has 0 fully saturated rings. The van der Waals surface area contributed by atoms with Crippen LogP contribution in [-0.2, 0) is 5.41 Å². The van der Waals surface area contributed by atoms with Crippen LogP contribution < -0.4 is 0 Å². The molecule has 0 aliphatic heterocycles. The lowest BCUT2D eigenvalue weighted by Crippen LogP contribution is -2.10. The molecule has 1 unspecified atom stereocenters. The molecule has 2 aromatic carbocycles. The molecular formula is C17H18BrCl.